The van der Waals surface area contributed by atoms with Crippen molar-refractivity contribution in [3.05, 3.63) is 74.7 Å². The average Bonchev–Trinajstić information content (AvgIpc) is 3.01. The minimum Gasteiger partial charge on any atom is -0.352 e. The van der Waals surface area contributed by atoms with E-state index >= 15 is 0 Å². The van der Waals surface area contributed by atoms with Crippen LogP contribution >= 0.6 is 38.9 Å². The van der Waals surface area contributed by atoms with Gasteiger partial charge >= 0.3 is 0 Å². The predicted octanol–water partition coefficient (Wildman–Crippen LogP) is 5.08. The lowest BCUT2D eigenvalue weighted by molar-refractivity contribution is -0.120. The molecular weight excluding hydrogens is 408 g/mol. The van der Waals surface area contributed by atoms with E-state index in [1.807, 2.05) is 53.9 Å². The van der Waals surface area contributed by atoms with Crippen molar-refractivity contribution in [2.45, 2.75) is 13.0 Å². The van der Waals surface area contributed by atoms with Crippen LogP contribution in [0.3, 0.4) is 0 Å². The molecule has 0 unspecified atom stereocenters. The second kappa shape index (κ2) is 7.92. The van der Waals surface area contributed by atoms with E-state index in [0.29, 0.717) is 11.6 Å². The molecule has 0 atom stereocenters. The molecule has 0 fully saturated rings. The number of hydrogen-bond acceptors (Lipinski definition) is 3. The Morgan fingerprint density at radius 2 is 2.04 bits per heavy atom. The summed E-state index contributed by atoms with van der Waals surface area (Å²) in [5.74, 6) is -0.0546. The van der Waals surface area contributed by atoms with E-state index in [0.717, 1.165) is 26.3 Å². The second-order valence-electron chi connectivity index (χ2n) is 5.24. The van der Waals surface area contributed by atoms with Crippen LogP contribution < -0.4 is 5.32 Å². The van der Waals surface area contributed by atoms with Gasteiger partial charge in [-0.1, -0.05) is 51.8 Å². The molecule has 1 heterocycles. The third kappa shape index (κ3) is 4.66. The summed E-state index contributed by atoms with van der Waals surface area (Å²) in [5.41, 5.74) is 2.79. The van der Waals surface area contributed by atoms with Crippen molar-refractivity contribution >= 4 is 44.8 Å². The zero-order valence-electron chi connectivity index (χ0n) is 12.6. The number of hydrogen-bond donors (Lipinski definition) is 1. The van der Waals surface area contributed by atoms with Crippen molar-refractivity contribution < 1.29 is 4.79 Å². The van der Waals surface area contributed by atoms with Crippen molar-refractivity contribution in [1.82, 2.24) is 10.3 Å². The summed E-state index contributed by atoms with van der Waals surface area (Å²) in [5, 5.41) is 6.40. The maximum absolute atomic E-state index is 12.1. The molecule has 3 nitrogen and oxygen atoms in total. The normalized spacial score (nSPS) is 10.6. The maximum atomic E-state index is 12.1. The molecule has 1 aromatic heterocycles. The molecule has 0 aliphatic rings. The number of aromatic nitrogens is 1. The Morgan fingerprint density at radius 1 is 1.21 bits per heavy atom. The third-order valence-electron chi connectivity index (χ3n) is 3.34. The Hall–Kier alpha value is -1.69. The number of nitrogens with zero attached hydrogens (tertiary/aromatic N) is 1. The topological polar surface area (TPSA) is 42.0 Å². The highest BCUT2D eigenvalue weighted by Gasteiger charge is 2.09. The van der Waals surface area contributed by atoms with Gasteiger partial charge < -0.3 is 5.32 Å². The molecule has 1 N–H and O–H groups in total. The van der Waals surface area contributed by atoms with E-state index in [2.05, 4.69) is 26.2 Å². The van der Waals surface area contributed by atoms with Gasteiger partial charge in [0, 0.05) is 27.0 Å². The first-order valence-corrected chi connectivity index (χ1v) is 9.37. The summed E-state index contributed by atoms with van der Waals surface area (Å²) in [6.07, 6.45) is 0.269. The van der Waals surface area contributed by atoms with E-state index < -0.39 is 0 Å². The monoisotopic (exact) mass is 420 g/mol. The second-order valence-corrected chi connectivity index (χ2v) is 7.45. The SMILES string of the molecule is O=C(Cc1csc(-c2cccc(Br)c2)n1)NCc1cccc(Cl)c1. The van der Waals surface area contributed by atoms with Gasteiger partial charge in [0.25, 0.3) is 0 Å². The Bertz CT molecular complexity index is 865. The number of carbonyl (C=O) groups is 1. The van der Waals surface area contributed by atoms with Crippen LogP contribution in [0.2, 0.25) is 5.02 Å². The first kappa shape index (κ1) is 17.1. The molecule has 0 aliphatic heterocycles. The first-order valence-electron chi connectivity index (χ1n) is 7.31. The number of amides is 1. The van der Waals surface area contributed by atoms with Gasteiger partial charge in [0.15, 0.2) is 0 Å². The van der Waals surface area contributed by atoms with Crippen LogP contribution in [-0.2, 0) is 17.8 Å². The van der Waals surface area contributed by atoms with Gasteiger partial charge in [-0.05, 0) is 29.8 Å². The summed E-state index contributed by atoms with van der Waals surface area (Å²) < 4.78 is 1.01. The molecule has 0 saturated heterocycles. The lowest BCUT2D eigenvalue weighted by atomic mass is 10.2. The fourth-order valence-corrected chi connectivity index (χ4v) is 3.65. The zero-order valence-corrected chi connectivity index (χ0v) is 15.8. The minimum absolute atomic E-state index is 0.0546. The van der Waals surface area contributed by atoms with Crippen LogP contribution in [0.1, 0.15) is 11.3 Å². The molecule has 2 aromatic carbocycles. The minimum atomic E-state index is -0.0546. The van der Waals surface area contributed by atoms with Crippen LogP contribution in [0.5, 0.6) is 0 Å². The third-order valence-corrected chi connectivity index (χ3v) is 5.01. The van der Waals surface area contributed by atoms with Crippen molar-refractivity contribution in [3.8, 4) is 10.6 Å². The molecule has 24 heavy (non-hydrogen) atoms. The van der Waals surface area contributed by atoms with Gasteiger partial charge in [-0.15, -0.1) is 11.3 Å². The summed E-state index contributed by atoms with van der Waals surface area (Å²) in [6.45, 7) is 0.460. The molecule has 3 rings (SSSR count). The molecule has 3 aromatic rings. The highest BCUT2D eigenvalue weighted by Crippen LogP contribution is 2.26. The quantitative estimate of drug-likeness (QED) is 0.624. The molecule has 0 aliphatic carbocycles. The standard InChI is InChI=1S/C18H14BrClN2OS/c19-14-5-2-4-13(8-14)18-22-16(11-24-18)9-17(23)21-10-12-3-1-6-15(20)7-12/h1-8,11H,9-10H2,(H,21,23). The number of carbonyl (C=O) groups excluding carboxylic acids is 1. The Kier molecular flexibility index (Phi) is 5.66. The maximum Gasteiger partial charge on any atom is 0.226 e. The Balaban J connectivity index is 1.59. The van der Waals surface area contributed by atoms with Crippen molar-refractivity contribution in [1.29, 1.82) is 0 Å². The number of rotatable bonds is 5. The average molecular weight is 422 g/mol. The summed E-state index contributed by atoms with van der Waals surface area (Å²) >= 11 is 10.9. The van der Waals surface area contributed by atoms with E-state index in [-0.39, 0.29) is 12.3 Å². The first-order chi connectivity index (χ1) is 11.6. The van der Waals surface area contributed by atoms with E-state index in [4.69, 9.17) is 11.6 Å². The van der Waals surface area contributed by atoms with E-state index in [9.17, 15) is 4.79 Å². The van der Waals surface area contributed by atoms with Crippen LogP contribution in [0, 0.1) is 0 Å². The van der Waals surface area contributed by atoms with Gasteiger partial charge in [0.05, 0.1) is 12.1 Å². The molecule has 6 heteroatoms. The van der Waals surface area contributed by atoms with Gasteiger partial charge in [-0.2, -0.15) is 0 Å². The van der Waals surface area contributed by atoms with E-state index in [1.54, 1.807) is 11.3 Å². The van der Waals surface area contributed by atoms with E-state index in [1.165, 1.54) is 0 Å². The van der Waals surface area contributed by atoms with Gasteiger partial charge in [0.1, 0.15) is 5.01 Å². The molecule has 122 valence electrons. The molecule has 1 amide bonds. The van der Waals surface area contributed by atoms with Gasteiger partial charge in [0.2, 0.25) is 5.91 Å². The lowest BCUT2D eigenvalue weighted by Gasteiger charge is -2.04. The van der Waals surface area contributed by atoms with Crippen LogP contribution in [0.25, 0.3) is 10.6 Å². The number of benzene rings is 2. The lowest BCUT2D eigenvalue weighted by Crippen LogP contribution is -2.24. The predicted molar refractivity (Wildman–Crippen MR) is 102 cm³/mol. The van der Waals surface area contributed by atoms with Crippen molar-refractivity contribution in [2.75, 3.05) is 0 Å². The summed E-state index contributed by atoms with van der Waals surface area (Å²) in [7, 11) is 0. The molecule has 0 saturated carbocycles. The molecular formula is C18H14BrClN2OS. The van der Waals surface area contributed by atoms with Crippen molar-refractivity contribution in [2.24, 2.45) is 0 Å². The Labute approximate surface area is 157 Å². The van der Waals surface area contributed by atoms with Crippen LogP contribution in [0.15, 0.2) is 58.4 Å². The number of thiazole rings is 1. The number of halogens is 2. The molecule has 0 radical (unpaired) electrons. The fraction of sp³-hybridized carbons (Fsp3) is 0.111. The number of nitrogens with one attached hydrogen (secondary N) is 1. The fourth-order valence-electron chi connectivity index (χ4n) is 2.22. The van der Waals surface area contributed by atoms with Gasteiger partial charge in [-0.3, -0.25) is 4.79 Å². The van der Waals surface area contributed by atoms with Gasteiger partial charge in [-0.25, -0.2) is 4.98 Å². The van der Waals surface area contributed by atoms with Crippen LogP contribution in [0.4, 0.5) is 0 Å². The smallest absolute Gasteiger partial charge is 0.226 e. The molecule has 0 bridgehead atoms. The molecule has 0 spiro atoms. The summed E-state index contributed by atoms with van der Waals surface area (Å²) in [6, 6.07) is 15.4. The largest absolute Gasteiger partial charge is 0.352 e. The Morgan fingerprint density at radius 3 is 2.83 bits per heavy atom. The summed E-state index contributed by atoms with van der Waals surface area (Å²) in [4.78, 5) is 16.6. The highest BCUT2D eigenvalue weighted by atomic mass is 79.9. The van der Waals surface area contributed by atoms with Crippen molar-refractivity contribution in [3.63, 3.8) is 0 Å². The van der Waals surface area contributed by atoms with Crippen LogP contribution in [-0.4, -0.2) is 10.9 Å². The highest BCUT2D eigenvalue weighted by molar-refractivity contribution is 9.10. The zero-order chi connectivity index (χ0) is 16.9.